The second-order valence-corrected chi connectivity index (χ2v) is 13.1. The minimum Gasteiger partial charge on any atom is -0.505 e. The summed E-state index contributed by atoms with van der Waals surface area (Å²) in [5, 5.41) is 41.2. The van der Waals surface area contributed by atoms with Crippen molar-refractivity contribution < 1.29 is 20.4 Å². The van der Waals surface area contributed by atoms with Gasteiger partial charge in [-0.1, -0.05) is 117 Å². The number of phenols is 4. The van der Waals surface area contributed by atoms with E-state index in [-0.39, 0.29) is 63.2 Å². The summed E-state index contributed by atoms with van der Waals surface area (Å²) in [5.41, 5.74) is 3.99. The summed E-state index contributed by atoms with van der Waals surface area (Å²) in [6, 6.07) is 20.1. The van der Waals surface area contributed by atoms with Gasteiger partial charge in [0, 0.05) is 11.8 Å². The van der Waals surface area contributed by atoms with Gasteiger partial charge in [0.1, 0.15) is 0 Å². The molecule has 0 radical (unpaired) electrons. The highest BCUT2D eigenvalue weighted by atomic mass is 35.5. The van der Waals surface area contributed by atoms with Gasteiger partial charge in [-0.3, -0.25) is 0 Å². The summed E-state index contributed by atoms with van der Waals surface area (Å²) in [5.74, 6) is -2.10. The van der Waals surface area contributed by atoms with Crippen molar-refractivity contribution in [2.45, 2.75) is 11.8 Å². The van der Waals surface area contributed by atoms with E-state index in [1.807, 2.05) is 24.3 Å². The molecule has 5 rings (SSSR count). The van der Waals surface area contributed by atoms with Crippen LogP contribution in [-0.4, -0.2) is 20.4 Å². The van der Waals surface area contributed by atoms with Crippen LogP contribution in [0.4, 0.5) is 0 Å². The summed E-state index contributed by atoms with van der Waals surface area (Å²) in [6.45, 7) is 0. The van der Waals surface area contributed by atoms with Crippen LogP contribution in [0.5, 0.6) is 23.0 Å². The Labute approximate surface area is 292 Å². The molecule has 0 unspecified atom stereocenters. The average Bonchev–Trinajstić information content (AvgIpc) is 2.97. The van der Waals surface area contributed by atoms with Gasteiger partial charge in [-0.15, -0.1) is 0 Å². The van der Waals surface area contributed by atoms with Crippen LogP contribution in [0.15, 0.2) is 72.8 Å². The number of halogens is 8. The third-order valence-corrected chi connectivity index (χ3v) is 9.40. The van der Waals surface area contributed by atoms with E-state index in [1.54, 1.807) is 48.5 Å². The van der Waals surface area contributed by atoms with Crippen molar-refractivity contribution >= 4 is 92.8 Å². The lowest BCUT2D eigenvalue weighted by molar-refractivity contribution is 0.474. The molecule has 44 heavy (non-hydrogen) atoms. The number of hydrogen-bond donors (Lipinski definition) is 4. The molecule has 0 aromatic heterocycles. The molecule has 0 aliphatic heterocycles. The van der Waals surface area contributed by atoms with Gasteiger partial charge in [0.05, 0.1) is 40.2 Å². The summed E-state index contributed by atoms with van der Waals surface area (Å²) in [4.78, 5) is 0. The molecular formula is C32H18Cl8O4. The number of phenolic OH excluding ortho intramolecular Hbond substituents is 4. The molecule has 0 bridgehead atoms. The monoisotopic (exact) mass is 746 g/mol. The first-order chi connectivity index (χ1) is 20.8. The molecule has 4 N–H and O–H groups in total. The summed E-state index contributed by atoms with van der Waals surface area (Å²) >= 11 is 50.4. The first-order valence-corrected chi connectivity index (χ1v) is 15.6. The van der Waals surface area contributed by atoms with Crippen molar-refractivity contribution in [3.63, 3.8) is 0 Å². The topological polar surface area (TPSA) is 80.9 Å². The van der Waals surface area contributed by atoms with Crippen molar-refractivity contribution in [3.05, 3.63) is 146 Å². The Morgan fingerprint density at radius 3 is 0.614 bits per heavy atom. The van der Waals surface area contributed by atoms with Crippen LogP contribution < -0.4 is 0 Å². The zero-order valence-electron chi connectivity index (χ0n) is 21.9. The maximum absolute atomic E-state index is 10.2. The number of aromatic hydroxyl groups is 4. The highest BCUT2D eigenvalue weighted by molar-refractivity contribution is 6.39. The Morgan fingerprint density at radius 2 is 0.455 bits per heavy atom. The first-order valence-electron chi connectivity index (χ1n) is 12.6. The third kappa shape index (κ3) is 6.46. The molecule has 0 heterocycles. The SMILES string of the molecule is Oc1c(Cl)cc(C(c2ccc(C(c3cc(Cl)c(O)c(Cl)c3)c3cc(Cl)c(O)c(Cl)c3)cc2)c2cc(Cl)c(O)c(Cl)c2)cc1Cl. The van der Waals surface area contributed by atoms with E-state index in [4.69, 9.17) is 92.8 Å². The molecule has 226 valence electrons. The molecule has 0 aliphatic carbocycles. The van der Waals surface area contributed by atoms with Gasteiger partial charge in [-0.2, -0.15) is 0 Å². The average molecular weight is 750 g/mol. The van der Waals surface area contributed by atoms with Crippen LogP contribution in [0.1, 0.15) is 45.2 Å². The molecule has 0 spiro atoms. The molecule has 5 aromatic rings. The summed E-state index contributed by atoms with van der Waals surface area (Å²) < 4.78 is 0. The van der Waals surface area contributed by atoms with Crippen molar-refractivity contribution in [2.24, 2.45) is 0 Å². The van der Waals surface area contributed by atoms with Crippen LogP contribution in [0.3, 0.4) is 0 Å². The molecule has 0 atom stereocenters. The van der Waals surface area contributed by atoms with Crippen LogP contribution in [0.2, 0.25) is 40.2 Å². The molecule has 0 amide bonds. The van der Waals surface area contributed by atoms with E-state index < -0.39 is 11.8 Å². The normalized spacial score (nSPS) is 11.5. The van der Waals surface area contributed by atoms with Gasteiger partial charge in [0.15, 0.2) is 23.0 Å². The highest BCUT2D eigenvalue weighted by Crippen LogP contribution is 2.46. The second kappa shape index (κ2) is 13.2. The fraction of sp³-hybridized carbons (Fsp3) is 0.0625. The zero-order chi connectivity index (χ0) is 32.0. The van der Waals surface area contributed by atoms with Crippen LogP contribution in [-0.2, 0) is 0 Å². The minimum atomic E-state index is -0.538. The summed E-state index contributed by atoms with van der Waals surface area (Å²) in [7, 11) is 0. The number of hydrogen-bond acceptors (Lipinski definition) is 4. The Bertz CT molecular complexity index is 1570. The lowest BCUT2D eigenvalue weighted by atomic mass is 9.81. The largest absolute Gasteiger partial charge is 0.505 e. The van der Waals surface area contributed by atoms with E-state index in [0.717, 1.165) is 11.1 Å². The molecule has 0 fully saturated rings. The second-order valence-electron chi connectivity index (χ2n) is 9.87. The fourth-order valence-corrected chi connectivity index (χ4v) is 7.06. The Morgan fingerprint density at radius 1 is 0.295 bits per heavy atom. The first kappa shape index (κ1) is 33.0. The van der Waals surface area contributed by atoms with Gasteiger partial charge in [-0.05, 0) is 81.9 Å². The van der Waals surface area contributed by atoms with Crippen LogP contribution >= 0.6 is 92.8 Å². The fourth-order valence-electron chi connectivity index (χ4n) is 5.04. The van der Waals surface area contributed by atoms with E-state index >= 15 is 0 Å². The molecule has 4 nitrogen and oxygen atoms in total. The van der Waals surface area contributed by atoms with Gasteiger partial charge in [0.2, 0.25) is 0 Å². The highest BCUT2D eigenvalue weighted by Gasteiger charge is 2.25. The van der Waals surface area contributed by atoms with Crippen LogP contribution in [0, 0.1) is 0 Å². The lowest BCUT2D eigenvalue weighted by Crippen LogP contribution is -2.07. The minimum absolute atomic E-state index is 0.0485. The van der Waals surface area contributed by atoms with Crippen molar-refractivity contribution in [2.75, 3.05) is 0 Å². The van der Waals surface area contributed by atoms with Gasteiger partial charge < -0.3 is 20.4 Å². The van der Waals surface area contributed by atoms with Crippen LogP contribution in [0.25, 0.3) is 0 Å². The third-order valence-electron chi connectivity index (χ3n) is 7.09. The van der Waals surface area contributed by atoms with E-state index in [1.165, 1.54) is 0 Å². The van der Waals surface area contributed by atoms with Crippen molar-refractivity contribution in [3.8, 4) is 23.0 Å². The number of rotatable bonds is 6. The molecule has 12 heteroatoms. The smallest absolute Gasteiger partial charge is 0.152 e. The molecule has 5 aromatic carbocycles. The maximum Gasteiger partial charge on any atom is 0.152 e. The number of benzene rings is 5. The Balaban J connectivity index is 1.70. The predicted molar refractivity (Wildman–Crippen MR) is 181 cm³/mol. The summed E-state index contributed by atoms with van der Waals surface area (Å²) in [6.07, 6.45) is 0. The molecule has 0 aliphatic rings. The standard InChI is InChI=1S/C32H18Cl8O4/c33-19-5-15(6-20(34)29(19)41)27(16-7-21(35)30(42)22(36)8-16)13-1-2-14(4-3-13)28(17-9-23(37)31(43)24(38)10-17)18-11-25(39)32(44)26(40)12-18/h1-12,27-28,41-44H. The molecule has 0 saturated carbocycles. The van der Waals surface area contributed by atoms with E-state index in [9.17, 15) is 20.4 Å². The molecule has 0 saturated heterocycles. The van der Waals surface area contributed by atoms with Gasteiger partial charge >= 0.3 is 0 Å². The van der Waals surface area contributed by atoms with Gasteiger partial charge in [0.25, 0.3) is 0 Å². The Hall–Kier alpha value is -2.38. The zero-order valence-corrected chi connectivity index (χ0v) is 27.9. The van der Waals surface area contributed by atoms with Gasteiger partial charge in [-0.25, -0.2) is 0 Å². The molecular weight excluding hydrogens is 732 g/mol. The predicted octanol–water partition coefficient (Wildman–Crippen LogP) is 12.1. The lowest BCUT2D eigenvalue weighted by Gasteiger charge is -2.24. The van der Waals surface area contributed by atoms with E-state index in [2.05, 4.69) is 0 Å². The maximum atomic E-state index is 10.2. The van der Waals surface area contributed by atoms with E-state index in [0.29, 0.717) is 22.3 Å². The van der Waals surface area contributed by atoms with Crippen molar-refractivity contribution in [1.82, 2.24) is 0 Å². The quantitative estimate of drug-likeness (QED) is 0.130. The Kier molecular flexibility index (Phi) is 9.87. The van der Waals surface area contributed by atoms with Crippen molar-refractivity contribution in [1.29, 1.82) is 0 Å².